The van der Waals surface area contributed by atoms with E-state index < -0.39 is 30.0 Å². The summed E-state index contributed by atoms with van der Waals surface area (Å²) in [4.78, 5) is 29.4. The van der Waals surface area contributed by atoms with Crippen LogP contribution in [0.3, 0.4) is 0 Å². The molecule has 3 rings (SSSR count). The number of benzene rings is 1. The van der Waals surface area contributed by atoms with Gasteiger partial charge in [-0.25, -0.2) is 4.39 Å². The number of carbonyl (C=O) groups is 2. The van der Waals surface area contributed by atoms with Gasteiger partial charge in [0.15, 0.2) is 0 Å². The summed E-state index contributed by atoms with van der Waals surface area (Å²) in [6.45, 7) is 4.24. The standard InChI is InChI=1S/C27H37FN4O6/c1-18-22(19(2)30(3)29-18)10-11-25(35)31-12-4-5-15-38-17-24(34)26(36)23(33)16-32(14-13-31)27(37)20-6-8-21(28)9-7-20/h6-11,23-24,26,33-34,36H,4-5,12-17H2,1-3H3/b11-10+/t23-,24+,26+/m0/s1. The Morgan fingerprint density at radius 3 is 2.37 bits per heavy atom. The molecule has 2 amide bonds. The molecule has 0 aliphatic carbocycles. The average Bonchev–Trinajstić information content (AvgIpc) is 3.14. The van der Waals surface area contributed by atoms with Crippen LogP contribution in [0.25, 0.3) is 6.08 Å². The molecule has 3 atom stereocenters. The molecule has 2 aromatic rings. The van der Waals surface area contributed by atoms with Gasteiger partial charge in [0.05, 0.1) is 12.3 Å². The lowest BCUT2D eigenvalue weighted by Crippen LogP contribution is -2.49. The van der Waals surface area contributed by atoms with Gasteiger partial charge in [0.1, 0.15) is 24.1 Å². The van der Waals surface area contributed by atoms with Crippen molar-refractivity contribution < 1.29 is 34.0 Å². The van der Waals surface area contributed by atoms with E-state index in [4.69, 9.17) is 4.74 Å². The van der Waals surface area contributed by atoms with E-state index in [1.165, 1.54) is 23.1 Å². The normalized spacial score (nSPS) is 22.4. The lowest BCUT2D eigenvalue weighted by molar-refractivity contribution is -0.126. The second-order valence-corrected chi connectivity index (χ2v) is 9.53. The highest BCUT2D eigenvalue weighted by Crippen LogP contribution is 2.15. The molecule has 10 nitrogen and oxygen atoms in total. The second-order valence-electron chi connectivity index (χ2n) is 9.53. The Hall–Kier alpha value is -3.12. The summed E-state index contributed by atoms with van der Waals surface area (Å²) in [5, 5.41) is 35.5. The molecule has 1 aliphatic rings. The van der Waals surface area contributed by atoms with Crippen LogP contribution in [0.4, 0.5) is 4.39 Å². The van der Waals surface area contributed by atoms with Crippen LogP contribution in [0.1, 0.15) is 40.2 Å². The first-order valence-corrected chi connectivity index (χ1v) is 12.7. The van der Waals surface area contributed by atoms with Crippen molar-refractivity contribution in [2.24, 2.45) is 7.05 Å². The Bertz CT molecular complexity index is 1120. The Kier molecular flexibility index (Phi) is 10.5. The molecule has 1 saturated heterocycles. The maximum absolute atomic E-state index is 13.4. The highest BCUT2D eigenvalue weighted by Gasteiger charge is 2.29. The Morgan fingerprint density at radius 1 is 1.03 bits per heavy atom. The lowest BCUT2D eigenvalue weighted by atomic mass is 10.1. The Balaban J connectivity index is 1.83. The molecule has 2 heterocycles. The number of rotatable bonds is 3. The van der Waals surface area contributed by atoms with Gasteiger partial charge in [-0.05, 0) is 57.0 Å². The first-order valence-electron chi connectivity index (χ1n) is 12.7. The fourth-order valence-electron chi connectivity index (χ4n) is 4.32. The first kappa shape index (κ1) is 29.4. The molecule has 38 heavy (non-hydrogen) atoms. The molecule has 1 aliphatic heterocycles. The van der Waals surface area contributed by atoms with Gasteiger partial charge in [-0.15, -0.1) is 0 Å². The Labute approximate surface area is 221 Å². The number of aryl methyl sites for hydroxylation is 2. The first-order chi connectivity index (χ1) is 18.1. The van der Waals surface area contributed by atoms with E-state index in [2.05, 4.69) is 5.10 Å². The molecule has 11 heteroatoms. The number of β-amino-alcohol motifs (C(OH)–C–C–N with tert-alkyl or cyclic N) is 1. The van der Waals surface area contributed by atoms with Gasteiger partial charge in [-0.1, -0.05) is 0 Å². The number of aromatic nitrogens is 2. The highest BCUT2D eigenvalue weighted by atomic mass is 19.1. The van der Waals surface area contributed by atoms with Gasteiger partial charge < -0.3 is 29.9 Å². The van der Waals surface area contributed by atoms with Crippen LogP contribution in [0, 0.1) is 19.7 Å². The van der Waals surface area contributed by atoms with Gasteiger partial charge in [0, 0.05) is 62.7 Å². The van der Waals surface area contributed by atoms with E-state index in [0.717, 1.165) is 29.1 Å². The minimum Gasteiger partial charge on any atom is -0.388 e. The van der Waals surface area contributed by atoms with Crippen molar-refractivity contribution in [2.75, 3.05) is 39.4 Å². The number of hydrogen-bond acceptors (Lipinski definition) is 7. The molecule has 208 valence electrons. The number of aliphatic hydroxyl groups is 3. The second kappa shape index (κ2) is 13.6. The average molecular weight is 533 g/mol. The monoisotopic (exact) mass is 532 g/mol. The minimum absolute atomic E-state index is 0.0527. The maximum atomic E-state index is 13.4. The van der Waals surface area contributed by atoms with Crippen molar-refractivity contribution in [1.82, 2.24) is 19.6 Å². The molecule has 1 fully saturated rings. The molecule has 0 saturated carbocycles. The van der Waals surface area contributed by atoms with Gasteiger partial charge >= 0.3 is 0 Å². The van der Waals surface area contributed by atoms with E-state index in [0.29, 0.717) is 26.0 Å². The zero-order valence-corrected chi connectivity index (χ0v) is 22.1. The van der Waals surface area contributed by atoms with E-state index in [-0.39, 0.29) is 37.7 Å². The molecule has 0 spiro atoms. The van der Waals surface area contributed by atoms with Crippen molar-refractivity contribution >= 4 is 17.9 Å². The third-order valence-corrected chi connectivity index (χ3v) is 6.74. The zero-order valence-electron chi connectivity index (χ0n) is 22.1. The summed E-state index contributed by atoms with van der Waals surface area (Å²) in [6.07, 6.45) is 0.0954. The number of aliphatic hydroxyl groups excluding tert-OH is 3. The summed E-state index contributed by atoms with van der Waals surface area (Å²) < 4.78 is 20.6. The third kappa shape index (κ3) is 7.70. The topological polar surface area (TPSA) is 128 Å². The highest BCUT2D eigenvalue weighted by molar-refractivity contribution is 5.94. The molecule has 1 aromatic heterocycles. The van der Waals surface area contributed by atoms with Gasteiger partial charge in [0.2, 0.25) is 5.91 Å². The van der Waals surface area contributed by atoms with Crippen LogP contribution in [-0.4, -0.2) is 104 Å². The third-order valence-electron chi connectivity index (χ3n) is 6.74. The van der Waals surface area contributed by atoms with Crippen molar-refractivity contribution in [3.63, 3.8) is 0 Å². The molecular weight excluding hydrogens is 495 g/mol. The summed E-state index contributed by atoms with van der Waals surface area (Å²) in [5.41, 5.74) is 2.78. The van der Waals surface area contributed by atoms with Crippen LogP contribution in [-0.2, 0) is 16.6 Å². The largest absolute Gasteiger partial charge is 0.388 e. The zero-order chi connectivity index (χ0) is 27.8. The lowest BCUT2D eigenvalue weighted by Gasteiger charge is -2.32. The van der Waals surface area contributed by atoms with Crippen LogP contribution in [0.5, 0.6) is 0 Å². The minimum atomic E-state index is -1.55. The summed E-state index contributed by atoms with van der Waals surface area (Å²) in [5.74, 6) is -1.24. The number of halogens is 1. The van der Waals surface area contributed by atoms with E-state index in [9.17, 15) is 29.3 Å². The molecule has 0 radical (unpaired) electrons. The van der Waals surface area contributed by atoms with Crippen molar-refractivity contribution in [1.29, 1.82) is 0 Å². The summed E-state index contributed by atoms with van der Waals surface area (Å²) >= 11 is 0. The fraction of sp³-hybridized carbons (Fsp3) is 0.519. The van der Waals surface area contributed by atoms with Crippen molar-refractivity contribution in [3.8, 4) is 0 Å². The van der Waals surface area contributed by atoms with Crippen LogP contribution >= 0.6 is 0 Å². The van der Waals surface area contributed by atoms with Gasteiger partial charge in [0.25, 0.3) is 5.91 Å². The fourth-order valence-corrected chi connectivity index (χ4v) is 4.32. The molecule has 0 unspecified atom stereocenters. The molecule has 1 aromatic carbocycles. The number of hydrogen-bond donors (Lipinski definition) is 3. The smallest absolute Gasteiger partial charge is 0.254 e. The quantitative estimate of drug-likeness (QED) is 0.504. The number of nitrogens with zero attached hydrogens (tertiary/aromatic N) is 4. The molecular formula is C27H37FN4O6. The number of ether oxygens (including phenoxy) is 1. The van der Waals surface area contributed by atoms with Crippen LogP contribution in [0.2, 0.25) is 0 Å². The predicted octanol–water partition coefficient (Wildman–Crippen LogP) is 1.05. The number of carbonyl (C=O) groups excluding carboxylic acids is 2. The summed E-state index contributed by atoms with van der Waals surface area (Å²) in [6, 6.07) is 4.98. The van der Waals surface area contributed by atoms with Crippen LogP contribution < -0.4 is 0 Å². The van der Waals surface area contributed by atoms with Gasteiger partial charge in [-0.2, -0.15) is 5.10 Å². The van der Waals surface area contributed by atoms with Crippen LogP contribution in [0.15, 0.2) is 30.3 Å². The van der Waals surface area contributed by atoms with E-state index >= 15 is 0 Å². The summed E-state index contributed by atoms with van der Waals surface area (Å²) in [7, 11) is 1.84. The maximum Gasteiger partial charge on any atom is 0.254 e. The Morgan fingerprint density at radius 2 is 1.71 bits per heavy atom. The predicted molar refractivity (Wildman–Crippen MR) is 139 cm³/mol. The van der Waals surface area contributed by atoms with E-state index in [1.807, 2.05) is 20.9 Å². The van der Waals surface area contributed by atoms with Gasteiger partial charge in [-0.3, -0.25) is 14.3 Å². The van der Waals surface area contributed by atoms with Crippen molar-refractivity contribution in [3.05, 3.63) is 58.7 Å². The molecule has 3 N–H and O–H groups in total. The molecule has 0 bridgehead atoms. The van der Waals surface area contributed by atoms with Crippen molar-refractivity contribution in [2.45, 2.75) is 45.0 Å². The SMILES string of the molecule is Cc1nn(C)c(C)c1/C=C/C(=O)N1CCCCOC[C@@H](O)[C@H](O)[C@@H](O)CN(C(=O)c2ccc(F)cc2)CC1. The number of amides is 2. The van der Waals surface area contributed by atoms with E-state index in [1.54, 1.807) is 15.7 Å².